The van der Waals surface area contributed by atoms with Crippen molar-refractivity contribution < 1.29 is 0 Å². The van der Waals surface area contributed by atoms with Crippen molar-refractivity contribution in [2.45, 2.75) is 39.0 Å². The fraction of sp³-hybridized carbons (Fsp3) is 0.438. The molecule has 0 bridgehead atoms. The van der Waals surface area contributed by atoms with E-state index in [1.165, 1.54) is 37.8 Å². The van der Waals surface area contributed by atoms with Gasteiger partial charge in [0.1, 0.15) is 0 Å². The lowest BCUT2D eigenvalue weighted by Crippen LogP contribution is -2.02. The molecule has 2 rings (SSSR count). The molecule has 0 unspecified atom stereocenters. The second-order valence-electron chi connectivity index (χ2n) is 4.86. The number of anilines is 1. The van der Waals surface area contributed by atoms with Crippen molar-refractivity contribution in [1.82, 2.24) is 9.55 Å². The van der Waals surface area contributed by atoms with Crippen molar-refractivity contribution in [2.75, 3.05) is 11.9 Å². The Morgan fingerprint density at radius 3 is 2.84 bits per heavy atom. The van der Waals surface area contributed by atoms with Crippen LogP contribution in [0.4, 0.5) is 5.69 Å². The molecule has 0 atom stereocenters. The maximum atomic E-state index is 4.07. The van der Waals surface area contributed by atoms with E-state index >= 15 is 0 Å². The molecular weight excluding hydrogens is 234 g/mol. The van der Waals surface area contributed by atoms with Gasteiger partial charge in [0.05, 0.1) is 6.33 Å². The van der Waals surface area contributed by atoms with Crippen LogP contribution in [0.5, 0.6) is 0 Å². The predicted molar refractivity (Wildman–Crippen MR) is 80.8 cm³/mol. The maximum absolute atomic E-state index is 4.07. The molecule has 0 saturated heterocycles. The van der Waals surface area contributed by atoms with Crippen molar-refractivity contribution in [3.63, 3.8) is 0 Å². The first kappa shape index (κ1) is 13.7. The van der Waals surface area contributed by atoms with Crippen LogP contribution < -0.4 is 5.32 Å². The second-order valence-corrected chi connectivity index (χ2v) is 4.86. The smallest absolute Gasteiger partial charge is 0.0991 e. The molecule has 1 heterocycles. The minimum atomic E-state index is 1.05. The van der Waals surface area contributed by atoms with Crippen molar-refractivity contribution in [3.05, 3.63) is 43.0 Å². The summed E-state index contributed by atoms with van der Waals surface area (Å²) in [5, 5.41) is 3.49. The fourth-order valence-electron chi connectivity index (χ4n) is 2.15. The van der Waals surface area contributed by atoms with Crippen molar-refractivity contribution in [2.24, 2.45) is 0 Å². The Labute approximate surface area is 115 Å². The molecule has 0 aliphatic heterocycles. The van der Waals surface area contributed by atoms with E-state index in [9.17, 15) is 0 Å². The van der Waals surface area contributed by atoms with Gasteiger partial charge >= 0.3 is 0 Å². The number of aromatic nitrogens is 2. The van der Waals surface area contributed by atoms with E-state index in [1.54, 1.807) is 6.20 Å². The predicted octanol–water partition coefficient (Wildman–Crippen LogP) is 4.25. The third kappa shape index (κ3) is 4.43. The zero-order valence-electron chi connectivity index (χ0n) is 11.7. The lowest BCUT2D eigenvalue weighted by Gasteiger charge is -2.08. The second kappa shape index (κ2) is 7.62. The van der Waals surface area contributed by atoms with Crippen LogP contribution in [-0.2, 0) is 0 Å². The molecule has 19 heavy (non-hydrogen) atoms. The van der Waals surface area contributed by atoms with E-state index in [-0.39, 0.29) is 0 Å². The molecule has 0 radical (unpaired) electrons. The Kier molecular flexibility index (Phi) is 5.48. The van der Waals surface area contributed by atoms with Crippen LogP contribution in [0.3, 0.4) is 0 Å². The standard InChI is InChI=1S/C16H23N3/c1-2-3-4-5-6-10-18-15-8-7-9-16(13-15)19-12-11-17-14-19/h7-9,11-14,18H,2-6,10H2,1H3. The van der Waals surface area contributed by atoms with Crippen LogP contribution in [0.25, 0.3) is 5.69 Å². The molecule has 0 saturated carbocycles. The van der Waals surface area contributed by atoms with Gasteiger partial charge in [-0.2, -0.15) is 0 Å². The molecule has 3 heteroatoms. The molecule has 1 aromatic heterocycles. The Bertz CT molecular complexity index is 463. The molecule has 0 spiro atoms. The number of hydrogen-bond donors (Lipinski definition) is 1. The number of unbranched alkanes of at least 4 members (excludes halogenated alkanes) is 4. The van der Waals surface area contributed by atoms with E-state index in [0.29, 0.717) is 0 Å². The van der Waals surface area contributed by atoms with Crippen molar-refractivity contribution >= 4 is 5.69 Å². The average molecular weight is 257 g/mol. The molecule has 0 amide bonds. The summed E-state index contributed by atoms with van der Waals surface area (Å²) in [4.78, 5) is 4.07. The summed E-state index contributed by atoms with van der Waals surface area (Å²) in [7, 11) is 0. The van der Waals surface area contributed by atoms with E-state index in [4.69, 9.17) is 0 Å². The van der Waals surface area contributed by atoms with Crippen LogP contribution in [0, 0.1) is 0 Å². The highest BCUT2D eigenvalue weighted by molar-refractivity contribution is 5.51. The Balaban J connectivity index is 1.79. The van der Waals surface area contributed by atoms with Gasteiger partial charge in [0.2, 0.25) is 0 Å². The van der Waals surface area contributed by atoms with Crippen LogP contribution in [0.1, 0.15) is 39.0 Å². The topological polar surface area (TPSA) is 29.9 Å². The molecule has 0 aliphatic rings. The van der Waals surface area contributed by atoms with E-state index in [0.717, 1.165) is 12.2 Å². The van der Waals surface area contributed by atoms with Gasteiger partial charge in [-0.3, -0.25) is 0 Å². The number of rotatable bonds is 8. The molecule has 1 aromatic carbocycles. The highest BCUT2D eigenvalue weighted by Crippen LogP contribution is 2.14. The maximum Gasteiger partial charge on any atom is 0.0991 e. The summed E-state index contributed by atoms with van der Waals surface area (Å²) < 4.78 is 2.02. The van der Waals surface area contributed by atoms with Crippen LogP contribution >= 0.6 is 0 Å². The largest absolute Gasteiger partial charge is 0.385 e. The quantitative estimate of drug-likeness (QED) is 0.716. The zero-order chi connectivity index (χ0) is 13.3. The first-order chi connectivity index (χ1) is 9.40. The van der Waals surface area contributed by atoms with E-state index < -0.39 is 0 Å². The fourth-order valence-corrected chi connectivity index (χ4v) is 2.15. The van der Waals surface area contributed by atoms with Gasteiger partial charge in [-0.25, -0.2) is 4.98 Å². The van der Waals surface area contributed by atoms with Gasteiger partial charge in [0.25, 0.3) is 0 Å². The summed E-state index contributed by atoms with van der Waals surface area (Å²) in [6.45, 7) is 3.30. The lowest BCUT2D eigenvalue weighted by molar-refractivity contribution is 0.645. The third-order valence-electron chi connectivity index (χ3n) is 3.26. The first-order valence-electron chi connectivity index (χ1n) is 7.22. The molecule has 2 aromatic rings. The van der Waals surface area contributed by atoms with Crippen molar-refractivity contribution in [1.29, 1.82) is 0 Å². The summed E-state index contributed by atoms with van der Waals surface area (Å²) in [6, 6.07) is 8.45. The first-order valence-corrected chi connectivity index (χ1v) is 7.22. The average Bonchev–Trinajstić information content (AvgIpc) is 2.97. The molecule has 3 nitrogen and oxygen atoms in total. The minimum Gasteiger partial charge on any atom is -0.385 e. The summed E-state index contributed by atoms with van der Waals surface area (Å²) in [5.41, 5.74) is 2.33. The van der Waals surface area contributed by atoms with Crippen LogP contribution in [-0.4, -0.2) is 16.1 Å². The van der Waals surface area contributed by atoms with Gasteiger partial charge < -0.3 is 9.88 Å². The molecule has 1 N–H and O–H groups in total. The zero-order valence-corrected chi connectivity index (χ0v) is 11.7. The molecule has 0 fully saturated rings. The molecular formula is C16H23N3. The third-order valence-corrected chi connectivity index (χ3v) is 3.26. The van der Waals surface area contributed by atoms with Gasteiger partial charge in [-0.1, -0.05) is 38.7 Å². The highest BCUT2D eigenvalue weighted by Gasteiger charge is 1.97. The van der Waals surface area contributed by atoms with Gasteiger partial charge in [-0.15, -0.1) is 0 Å². The number of imidazole rings is 1. The lowest BCUT2D eigenvalue weighted by atomic mass is 10.1. The molecule has 0 aliphatic carbocycles. The summed E-state index contributed by atoms with van der Waals surface area (Å²) in [6.07, 6.45) is 12.2. The van der Waals surface area contributed by atoms with Gasteiger partial charge in [0, 0.05) is 30.3 Å². The van der Waals surface area contributed by atoms with E-state index in [1.807, 2.05) is 17.1 Å². The minimum absolute atomic E-state index is 1.05. The number of hydrogen-bond acceptors (Lipinski definition) is 2. The van der Waals surface area contributed by atoms with Crippen LogP contribution in [0.15, 0.2) is 43.0 Å². The van der Waals surface area contributed by atoms with Crippen molar-refractivity contribution in [3.8, 4) is 5.69 Å². The van der Waals surface area contributed by atoms with Gasteiger partial charge in [-0.05, 0) is 24.6 Å². The van der Waals surface area contributed by atoms with Gasteiger partial charge in [0.15, 0.2) is 0 Å². The highest BCUT2D eigenvalue weighted by atomic mass is 15.0. The number of nitrogens with zero attached hydrogens (tertiary/aromatic N) is 2. The number of nitrogens with one attached hydrogen (secondary N) is 1. The normalized spacial score (nSPS) is 10.6. The monoisotopic (exact) mass is 257 g/mol. The Morgan fingerprint density at radius 2 is 2.05 bits per heavy atom. The Morgan fingerprint density at radius 1 is 1.16 bits per heavy atom. The van der Waals surface area contributed by atoms with Crippen LogP contribution in [0.2, 0.25) is 0 Å². The summed E-state index contributed by atoms with van der Waals surface area (Å²) >= 11 is 0. The summed E-state index contributed by atoms with van der Waals surface area (Å²) in [5.74, 6) is 0. The van der Waals surface area contributed by atoms with E-state index in [2.05, 4.69) is 41.5 Å². The Hall–Kier alpha value is -1.77. The SMILES string of the molecule is CCCCCCCNc1cccc(-n2ccnc2)c1. The molecule has 102 valence electrons. The number of benzene rings is 1.